The number of halogens is 2. The SMILES string of the molecule is COc1ccc(C)cc1CSCC(=O)Nc1cc(F)ccc1F. The van der Waals surface area contributed by atoms with Gasteiger partial charge in [0.05, 0.1) is 18.6 Å². The smallest absolute Gasteiger partial charge is 0.234 e. The highest BCUT2D eigenvalue weighted by atomic mass is 32.2. The highest BCUT2D eigenvalue weighted by molar-refractivity contribution is 7.99. The van der Waals surface area contributed by atoms with Crippen LogP contribution in [0.3, 0.4) is 0 Å². The summed E-state index contributed by atoms with van der Waals surface area (Å²) in [7, 11) is 1.60. The van der Waals surface area contributed by atoms with Crippen molar-refractivity contribution in [3.8, 4) is 5.75 Å². The molecule has 1 amide bonds. The van der Waals surface area contributed by atoms with Crippen LogP contribution in [0.5, 0.6) is 5.75 Å². The molecule has 0 aliphatic heterocycles. The van der Waals surface area contributed by atoms with E-state index in [9.17, 15) is 13.6 Å². The standard InChI is InChI=1S/C17H17F2NO2S/c1-11-3-6-16(22-2)12(7-11)9-23-10-17(21)20-15-8-13(18)4-5-14(15)19/h3-8H,9-10H2,1-2H3,(H,20,21). The van der Waals surface area contributed by atoms with E-state index in [-0.39, 0.29) is 17.3 Å². The predicted octanol–water partition coefficient (Wildman–Crippen LogP) is 4.15. The number of ether oxygens (including phenoxy) is 1. The number of rotatable bonds is 6. The zero-order valence-corrected chi connectivity index (χ0v) is 13.7. The third-order valence-corrected chi connectivity index (χ3v) is 4.11. The molecule has 0 saturated carbocycles. The summed E-state index contributed by atoms with van der Waals surface area (Å²) in [5, 5.41) is 2.37. The fourth-order valence-electron chi connectivity index (χ4n) is 2.05. The van der Waals surface area contributed by atoms with E-state index < -0.39 is 11.6 Å². The Balaban J connectivity index is 1.90. The molecule has 0 unspecified atom stereocenters. The van der Waals surface area contributed by atoms with E-state index >= 15 is 0 Å². The second-order valence-corrected chi connectivity index (χ2v) is 5.97. The summed E-state index contributed by atoms with van der Waals surface area (Å²) >= 11 is 1.37. The van der Waals surface area contributed by atoms with Crippen molar-refractivity contribution in [3.05, 3.63) is 59.2 Å². The van der Waals surface area contributed by atoms with Crippen LogP contribution in [-0.2, 0) is 10.5 Å². The van der Waals surface area contributed by atoms with Gasteiger partial charge >= 0.3 is 0 Å². The number of hydrogen-bond donors (Lipinski definition) is 1. The number of thioether (sulfide) groups is 1. The summed E-state index contributed by atoms with van der Waals surface area (Å²) in [6.07, 6.45) is 0. The normalized spacial score (nSPS) is 10.4. The number of benzene rings is 2. The lowest BCUT2D eigenvalue weighted by Gasteiger charge is -2.10. The minimum absolute atomic E-state index is 0.132. The van der Waals surface area contributed by atoms with Crippen LogP contribution >= 0.6 is 11.8 Å². The van der Waals surface area contributed by atoms with Gasteiger partial charge in [0.2, 0.25) is 5.91 Å². The molecule has 3 nitrogen and oxygen atoms in total. The number of carbonyl (C=O) groups is 1. The highest BCUT2D eigenvalue weighted by Gasteiger charge is 2.09. The zero-order chi connectivity index (χ0) is 16.8. The van der Waals surface area contributed by atoms with E-state index in [0.717, 1.165) is 35.1 Å². The molecule has 6 heteroatoms. The minimum Gasteiger partial charge on any atom is -0.496 e. The number of amides is 1. The molecule has 2 aromatic rings. The van der Waals surface area contributed by atoms with Gasteiger partial charge in [-0.1, -0.05) is 17.7 Å². The van der Waals surface area contributed by atoms with Crippen molar-refractivity contribution >= 4 is 23.4 Å². The molecule has 0 saturated heterocycles. The largest absolute Gasteiger partial charge is 0.496 e. The molecular weight excluding hydrogens is 320 g/mol. The average molecular weight is 337 g/mol. The van der Waals surface area contributed by atoms with Gasteiger partial charge in [0.15, 0.2) is 0 Å². The molecule has 23 heavy (non-hydrogen) atoms. The molecule has 122 valence electrons. The van der Waals surface area contributed by atoms with E-state index in [1.165, 1.54) is 11.8 Å². The summed E-state index contributed by atoms with van der Waals surface area (Å²) < 4.78 is 31.8. The molecule has 2 rings (SSSR count). The Labute approximate surface area is 138 Å². The molecule has 0 atom stereocenters. The number of hydrogen-bond acceptors (Lipinski definition) is 3. The lowest BCUT2D eigenvalue weighted by molar-refractivity contribution is -0.113. The molecule has 0 spiro atoms. The molecule has 0 radical (unpaired) electrons. The summed E-state index contributed by atoms with van der Waals surface area (Å²) in [4.78, 5) is 11.8. The summed E-state index contributed by atoms with van der Waals surface area (Å²) in [5.74, 6) is -0.161. The fourth-order valence-corrected chi connectivity index (χ4v) is 2.86. The molecule has 1 N–H and O–H groups in total. The zero-order valence-electron chi connectivity index (χ0n) is 12.9. The quantitative estimate of drug-likeness (QED) is 0.860. The summed E-state index contributed by atoms with van der Waals surface area (Å²) in [6, 6.07) is 8.77. The molecular formula is C17H17F2NO2S. The Morgan fingerprint density at radius 1 is 1.22 bits per heavy atom. The first-order valence-corrected chi connectivity index (χ1v) is 8.11. The molecule has 0 bridgehead atoms. The van der Waals surface area contributed by atoms with Crippen LogP contribution in [0.2, 0.25) is 0 Å². The molecule has 0 aliphatic rings. The second-order valence-electron chi connectivity index (χ2n) is 4.98. The number of methoxy groups -OCH3 is 1. The van der Waals surface area contributed by atoms with Crippen LogP contribution in [0.15, 0.2) is 36.4 Å². The van der Waals surface area contributed by atoms with Crippen molar-refractivity contribution in [1.82, 2.24) is 0 Å². The topological polar surface area (TPSA) is 38.3 Å². The maximum absolute atomic E-state index is 13.5. The maximum Gasteiger partial charge on any atom is 0.234 e. The van der Waals surface area contributed by atoms with Crippen LogP contribution < -0.4 is 10.1 Å². The summed E-state index contributed by atoms with van der Waals surface area (Å²) in [5.41, 5.74) is 1.94. The van der Waals surface area contributed by atoms with Crippen LogP contribution in [0.25, 0.3) is 0 Å². The Hall–Kier alpha value is -2.08. The van der Waals surface area contributed by atoms with Crippen molar-refractivity contribution in [2.45, 2.75) is 12.7 Å². The predicted molar refractivity (Wildman–Crippen MR) is 88.9 cm³/mol. The van der Waals surface area contributed by atoms with Gasteiger partial charge in [-0.25, -0.2) is 8.78 Å². The van der Waals surface area contributed by atoms with E-state index in [2.05, 4.69) is 5.32 Å². The second kappa shape index (κ2) is 7.97. The Morgan fingerprint density at radius 3 is 2.74 bits per heavy atom. The van der Waals surface area contributed by atoms with Crippen LogP contribution in [0, 0.1) is 18.6 Å². The van der Waals surface area contributed by atoms with Crippen LogP contribution in [0.1, 0.15) is 11.1 Å². The van der Waals surface area contributed by atoms with Crippen molar-refractivity contribution in [3.63, 3.8) is 0 Å². The number of nitrogens with one attached hydrogen (secondary N) is 1. The Morgan fingerprint density at radius 2 is 2.00 bits per heavy atom. The number of anilines is 1. The van der Waals surface area contributed by atoms with Gasteiger partial charge in [0.25, 0.3) is 0 Å². The lowest BCUT2D eigenvalue weighted by Crippen LogP contribution is -2.15. The maximum atomic E-state index is 13.5. The highest BCUT2D eigenvalue weighted by Crippen LogP contribution is 2.24. The first kappa shape index (κ1) is 17.3. The average Bonchev–Trinajstić information content (AvgIpc) is 2.51. The van der Waals surface area contributed by atoms with Crippen LogP contribution in [0.4, 0.5) is 14.5 Å². The van der Waals surface area contributed by atoms with Crippen molar-refractivity contribution in [1.29, 1.82) is 0 Å². The Bertz CT molecular complexity index is 707. The van der Waals surface area contributed by atoms with Gasteiger partial charge in [0.1, 0.15) is 17.4 Å². The van der Waals surface area contributed by atoms with E-state index in [4.69, 9.17) is 4.74 Å². The summed E-state index contributed by atoms with van der Waals surface area (Å²) in [6.45, 7) is 1.98. The number of carbonyl (C=O) groups excluding carboxylic acids is 1. The van der Waals surface area contributed by atoms with Gasteiger partial charge in [-0.2, -0.15) is 0 Å². The van der Waals surface area contributed by atoms with Gasteiger partial charge in [0, 0.05) is 17.4 Å². The van der Waals surface area contributed by atoms with E-state index in [0.29, 0.717) is 5.75 Å². The lowest BCUT2D eigenvalue weighted by atomic mass is 10.1. The van der Waals surface area contributed by atoms with Gasteiger partial charge in [-0.05, 0) is 25.1 Å². The monoisotopic (exact) mass is 337 g/mol. The number of aryl methyl sites for hydroxylation is 1. The third-order valence-electron chi connectivity index (χ3n) is 3.13. The van der Waals surface area contributed by atoms with Crippen LogP contribution in [-0.4, -0.2) is 18.8 Å². The van der Waals surface area contributed by atoms with Crippen molar-refractivity contribution in [2.75, 3.05) is 18.2 Å². The first-order valence-electron chi connectivity index (χ1n) is 6.95. The van der Waals surface area contributed by atoms with Crippen molar-refractivity contribution < 1.29 is 18.3 Å². The van der Waals surface area contributed by atoms with Crippen molar-refractivity contribution in [2.24, 2.45) is 0 Å². The molecule has 0 aliphatic carbocycles. The molecule has 2 aromatic carbocycles. The van der Waals surface area contributed by atoms with Gasteiger partial charge < -0.3 is 10.1 Å². The van der Waals surface area contributed by atoms with Gasteiger partial charge in [-0.3, -0.25) is 4.79 Å². The van der Waals surface area contributed by atoms with E-state index in [1.54, 1.807) is 7.11 Å². The molecule has 0 heterocycles. The fraction of sp³-hybridized carbons (Fsp3) is 0.235. The van der Waals surface area contributed by atoms with Gasteiger partial charge in [-0.15, -0.1) is 11.8 Å². The Kier molecular flexibility index (Phi) is 5.98. The van der Waals surface area contributed by atoms with E-state index in [1.807, 2.05) is 25.1 Å². The third kappa shape index (κ3) is 4.96. The molecule has 0 aromatic heterocycles. The molecule has 0 fully saturated rings. The minimum atomic E-state index is -0.662. The first-order chi connectivity index (χ1) is 11.0.